The molecule has 0 aliphatic heterocycles. The Hall–Kier alpha value is -2.35. The summed E-state index contributed by atoms with van der Waals surface area (Å²) in [5.74, 6) is -1.70. The van der Waals surface area contributed by atoms with Crippen molar-refractivity contribution in [2.24, 2.45) is 5.73 Å². The van der Waals surface area contributed by atoms with Gasteiger partial charge in [-0.15, -0.1) is 0 Å². The molecule has 0 saturated heterocycles. The summed E-state index contributed by atoms with van der Waals surface area (Å²) >= 11 is 7.72. The first kappa shape index (κ1) is 21.0. The molecule has 5 nitrogen and oxygen atoms in total. The summed E-state index contributed by atoms with van der Waals surface area (Å²) in [5.41, 5.74) is 7.27. The Morgan fingerprint density at radius 3 is 2.59 bits per heavy atom. The van der Waals surface area contributed by atoms with E-state index in [0.717, 1.165) is 15.4 Å². The largest absolute Gasteiger partial charge is 0.481 e. The van der Waals surface area contributed by atoms with E-state index >= 15 is 0 Å². The number of rotatable bonds is 8. The van der Waals surface area contributed by atoms with E-state index in [-0.39, 0.29) is 25.3 Å². The number of halogens is 2. The van der Waals surface area contributed by atoms with E-state index in [1.165, 1.54) is 30.0 Å². The van der Waals surface area contributed by atoms with Crippen molar-refractivity contribution >= 4 is 41.3 Å². The number of amides is 1. The zero-order chi connectivity index (χ0) is 19.8. The van der Waals surface area contributed by atoms with Crippen molar-refractivity contribution in [1.82, 2.24) is 5.32 Å². The molecule has 0 radical (unpaired) electrons. The van der Waals surface area contributed by atoms with Gasteiger partial charge in [0.2, 0.25) is 5.91 Å². The second kappa shape index (κ2) is 10.1. The SMILES string of the molecule is NCc1cc(/C=C/C(=O)NCCC(=O)O)c(Cl)cc1Sc1ccc(F)cc1. The minimum Gasteiger partial charge on any atom is -0.481 e. The maximum Gasteiger partial charge on any atom is 0.305 e. The van der Waals surface area contributed by atoms with Crippen LogP contribution in [0.4, 0.5) is 4.39 Å². The van der Waals surface area contributed by atoms with Gasteiger partial charge < -0.3 is 16.2 Å². The summed E-state index contributed by atoms with van der Waals surface area (Å²) in [6.07, 6.45) is 2.69. The molecule has 27 heavy (non-hydrogen) atoms. The molecule has 0 spiro atoms. The van der Waals surface area contributed by atoms with Crippen molar-refractivity contribution in [3.05, 3.63) is 64.4 Å². The third-order valence-corrected chi connectivity index (χ3v) is 4.93. The number of hydrogen-bond donors (Lipinski definition) is 3. The van der Waals surface area contributed by atoms with Crippen molar-refractivity contribution in [2.75, 3.05) is 6.54 Å². The van der Waals surface area contributed by atoms with Crippen LogP contribution in [0.3, 0.4) is 0 Å². The highest BCUT2D eigenvalue weighted by Crippen LogP contribution is 2.34. The molecule has 0 aromatic heterocycles. The van der Waals surface area contributed by atoms with Gasteiger partial charge >= 0.3 is 5.97 Å². The van der Waals surface area contributed by atoms with Crippen molar-refractivity contribution in [3.63, 3.8) is 0 Å². The number of aliphatic carboxylic acids is 1. The number of carboxylic acid groups (broad SMARTS) is 1. The lowest BCUT2D eigenvalue weighted by molar-refractivity contribution is -0.136. The quantitative estimate of drug-likeness (QED) is 0.579. The number of hydrogen-bond acceptors (Lipinski definition) is 4. The lowest BCUT2D eigenvalue weighted by Gasteiger charge is -2.11. The fourth-order valence-corrected chi connectivity index (χ4v) is 3.42. The Morgan fingerprint density at radius 1 is 1.26 bits per heavy atom. The number of nitrogens with two attached hydrogens (primary N) is 1. The van der Waals surface area contributed by atoms with E-state index in [1.54, 1.807) is 30.3 Å². The molecule has 0 atom stereocenters. The number of carbonyl (C=O) groups excluding carboxylic acids is 1. The molecule has 0 saturated carbocycles. The number of nitrogens with one attached hydrogen (secondary N) is 1. The molecule has 0 unspecified atom stereocenters. The van der Waals surface area contributed by atoms with Crippen molar-refractivity contribution in [2.45, 2.75) is 22.8 Å². The van der Waals surface area contributed by atoms with Crippen LogP contribution in [0.25, 0.3) is 6.08 Å². The van der Waals surface area contributed by atoms with Crippen LogP contribution in [-0.4, -0.2) is 23.5 Å². The van der Waals surface area contributed by atoms with Gasteiger partial charge in [0.05, 0.1) is 6.42 Å². The third kappa shape index (κ3) is 6.71. The van der Waals surface area contributed by atoms with Crippen LogP contribution in [-0.2, 0) is 16.1 Å². The van der Waals surface area contributed by atoms with E-state index in [9.17, 15) is 14.0 Å². The normalized spacial score (nSPS) is 10.9. The summed E-state index contributed by atoms with van der Waals surface area (Å²) in [6, 6.07) is 9.64. The van der Waals surface area contributed by atoms with Crippen molar-refractivity contribution < 1.29 is 19.1 Å². The van der Waals surface area contributed by atoms with E-state index in [4.69, 9.17) is 22.4 Å². The van der Waals surface area contributed by atoms with Crippen LogP contribution in [0.15, 0.2) is 52.3 Å². The predicted molar refractivity (Wildman–Crippen MR) is 104 cm³/mol. The Labute approximate surface area is 165 Å². The van der Waals surface area contributed by atoms with Crippen LogP contribution >= 0.6 is 23.4 Å². The molecule has 0 aliphatic carbocycles. The second-order valence-electron chi connectivity index (χ2n) is 5.51. The fourth-order valence-electron chi connectivity index (χ4n) is 2.15. The lowest BCUT2D eigenvalue weighted by atomic mass is 10.1. The first-order valence-corrected chi connectivity index (χ1v) is 9.22. The summed E-state index contributed by atoms with van der Waals surface area (Å²) in [4.78, 5) is 23.8. The highest BCUT2D eigenvalue weighted by molar-refractivity contribution is 7.99. The van der Waals surface area contributed by atoms with Gasteiger partial charge in [-0.05, 0) is 53.6 Å². The Balaban J connectivity index is 2.12. The molecule has 2 rings (SSSR count). The fraction of sp³-hybridized carbons (Fsp3) is 0.158. The van der Waals surface area contributed by atoms with E-state index in [2.05, 4.69) is 5.32 Å². The minimum absolute atomic E-state index is 0.0491. The molecule has 0 fully saturated rings. The van der Waals surface area contributed by atoms with Crippen LogP contribution in [0.1, 0.15) is 17.5 Å². The van der Waals surface area contributed by atoms with Crippen LogP contribution < -0.4 is 11.1 Å². The standard InChI is InChI=1S/C19H18ClFN2O3S/c20-16-10-17(27-15-4-2-14(21)3-5-15)13(11-22)9-12(16)1-6-18(24)23-8-7-19(25)26/h1-6,9-10H,7-8,11,22H2,(H,23,24)(H,25,26)/b6-1+. The monoisotopic (exact) mass is 408 g/mol. The average molecular weight is 409 g/mol. The van der Waals surface area contributed by atoms with Crippen molar-refractivity contribution in [3.8, 4) is 0 Å². The van der Waals surface area contributed by atoms with Gasteiger partial charge in [0.1, 0.15) is 5.82 Å². The molecular weight excluding hydrogens is 391 g/mol. The number of benzene rings is 2. The van der Waals surface area contributed by atoms with Gasteiger partial charge in [-0.1, -0.05) is 23.4 Å². The van der Waals surface area contributed by atoms with Crippen LogP contribution in [0.5, 0.6) is 0 Å². The molecule has 1 amide bonds. The molecule has 142 valence electrons. The highest BCUT2D eigenvalue weighted by Gasteiger charge is 2.09. The summed E-state index contributed by atoms with van der Waals surface area (Å²) in [6.45, 7) is 0.319. The zero-order valence-corrected chi connectivity index (χ0v) is 15.8. The van der Waals surface area contributed by atoms with E-state index in [1.807, 2.05) is 0 Å². The maximum atomic E-state index is 13.0. The average Bonchev–Trinajstić information content (AvgIpc) is 2.62. The topological polar surface area (TPSA) is 92.4 Å². The predicted octanol–water partition coefficient (Wildman–Crippen LogP) is 3.69. The molecule has 0 heterocycles. The summed E-state index contributed by atoms with van der Waals surface area (Å²) in [7, 11) is 0. The first-order valence-electron chi connectivity index (χ1n) is 8.02. The molecule has 8 heteroatoms. The van der Waals surface area contributed by atoms with Gasteiger partial charge in [-0.3, -0.25) is 9.59 Å². The van der Waals surface area contributed by atoms with E-state index < -0.39 is 11.9 Å². The third-order valence-electron chi connectivity index (χ3n) is 3.49. The highest BCUT2D eigenvalue weighted by atomic mass is 35.5. The lowest BCUT2D eigenvalue weighted by Crippen LogP contribution is -2.23. The molecule has 0 bridgehead atoms. The number of carbonyl (C=O) groups is 2. The molecule has 2 aromatic rings. The summed E-state index contributed by atoms with van der Waals surface area (Å²) in [5, 5.41) is 11.5. The number of carboxylic acids is 1. The zero-order valence-electron chi connectivity index (χ0n) is 14.2. The van der Waals surface area contributed by atoms with Gasteiger partial charge in [0.15, 0.2) is 0 Å². The second-order valence-corrected chi connectivity index (χ2v) is 7.03. The van der Waals surface area contributed by atoms with Crippen LogP contribution in [0, 0.1) is 5.82 Å². The van der Waals surface area contributed by atoms with Gasteiger partial charge in [-0.25, -0.2) is 4.39 Å². The van der Waals surface area contributed by atoms with E-state index in [0.29, 0.717) is 10.6 Å². The van der Waals surface area contributed by atoms with Crippen LogP contribution in [0.2, 0.25) is 5.02 Å². The molecule has 2 aromatic carbocycles. The minimum atomic E-state index is -0.982. The Kier molecular flexibility index (Phi) is 7.84. The van der Waals surface area contributed by atoms with Gasteiger partial charge in [0, 0.05) is 34.0 Å². The maximum absolute atomic E-state index is 13.0. The molecule has 4 N–H and O–H groups in total. The van der Waals surface area contributed by atoms with Gasteiger partial charge in [0.25, 0.3) is 0 Å². The first-order chi connectivity index (χ1) is 12.9. The molecule has 0 aliphatic rings. The Bertz CT molecular complexity index is 857. The Morgan fingerprint density at radius 2 is 1.96 bits per heavy atom. The molecular formula is C19H18ClFN2O3S. The summed E-state index contributed by atoms with van der Waals surface area (Å²) < 4.78 is 13.0. The smallest absolute Gasteiger partial charge is 0.305 e. The van der Waals surface area contributed by atoms with Gasteiger partial charge in [-0.2, -0.15) is 0 Å². The van der Waals surface area contributed by atoms with Crippen molar-refractivity contribution in [1.29, 1.82) is 0 Å².